The number of amides is 1. The summed E-state index contributed by atoms with van der Waals surface area (Å²) in [7, 11) is 0. The number of hydrogen-bond acceptors (Lipinski definition) is 4. The van der Waals surface area contributed by atoms with Gasteiger partial charge in [-0.05, 0) is 31.0 Å². The highest BCUT2D eigenvalue weighted by molar-refractivity contribution is 6.29. The van der Waals surface area contributed by atoms with Gasteiger partial charge in [-0.3, -0.25) is 4.79 Å². The van der Waals surface area contributed by atoms with E-state index in [2.05, 4.69) is 20.6 Å². The average molecular weight is 305 g/mol. The van der Waals surface area contributed by atoms with Crippen LogP contribution in [0, 0.1) is 6.92 Å². The van der Waals surface area contributed by atoms with E-state index in [0.29, 0.717) is 5.82 Å². The zero-order valence-electron chi connectivity index (χ0n) is 12.0. The van der Waals surface area contributed by atoms with Crippen LogP contribution in [0.1, 0.15) is 18.2 Å². The number of alkyl halides is 1. The van der Waals surface area contributed by atoms with Gasteiger partial charge in [0.15, 0.2) is 0 Å². The number of nitrogens with zero attached hydrogens (tertiary/aromatic N) is 2. The summed E-state index contributed by atoms with van der Waals surface area (Å²) in [5, 5.41) is 6.00. The van der Waals surface area contributed by atoms with Crippen molar-refractivity contribution in [2.75, 3.05) is 16.5 Å². The van der Waals surface area contributed by atoms with Crippen molar-refractivity contribution in [3.63, 3.8) is 0 Å². The fraction of sp³-hybridized carbons (Fsp3) is 0.267. The Morgan fingerprint density at radius 1 is 1.29 bits per heavy atom. The highest BCUT2D eigenvalue weighted by Gasteiger charge is 2.07. The lowest BCUT2D eigenvalue weighted by molar-refractivity contribution is -0.113. The zero-order chi connectivity index (χ0) is 15.2. The maximum atomic E-state index is 11.5. The predicted octanol–water partition coefficient (Wildman–Crippen LogP) is 3.27. The maximum Gasteiger partial charge on any atom is 0.239 e. The van der Waals surface area contributed by atoms with E-state index in [1.54, 1.807) is 0 Å². The molecule has 2 rings (SSSR count). The number of benzene rings is 1. The molecule has 0 aliphatic heterocycles. The van der Waals surface area contributed by atoms with E-state index in [1.807, 2.05) is 38.1 Å². The second-order valence-corrected chi connectivity index (χ2v) is 4.84. The van der Waals surface area contributed by atoms with E-state index in [-0.39, 0.29) is 11.8 Å². The van der Waals surface area contributed by atoms with Crippen LogP contribution in [0.2, 0.25) is 0 Å². The fourth-order valence-corrected chi connectivity index (χ4v) is 2.00. The van der Waals surface area contributed by atoms with Crippen LogP contribution >= 0.6 is 11.6 Å². The van der Waals surface area contributed by atoms with Crippen LogP contribution < -0.4 is 10.6 Å². The summed E-state index contributed by atoms with van der Waals surface area (Å²) in [6.45, 7) is 3.94. The molecule has 6 heteroatoms. The molecule has 1 amide bonds. The quantitative estimate of drug-likeness (QED) is 0.832. The molecule has 21 heavy (non-hydrogen) atoms. The van der Waals surface area contributed by atoms with Gasteiger partial charge in [-0.1, -0.05) is 13.0 Å². The molecule has 1 aromatic heterocycles. The lowest BCUT2D eigenvalue weighted by Crippen LogP contribution is -2.14. The molecule has 0 radical (unpaired) electrons. The van der Waals surface area contributed by atoms with Crippen LogP contribution in [0.25, 0.3) is 0 Å². The lowest BCUT2D eigenvalue weighted by atomic mass is 10.1. The Kier molecular flexibility index (Phi) is 5.11. The summed E-state index contributed by atoms with van der Waals surface area (Å²) >= 11 is 5.54. The van der Waals surface area contributed by atoms with Crippen molar-refractivity contribution < 1.29 is 4.79 Å². The molecule has 5 nitrogen and oxygen atoms in total. The maximum absolute atomic E-state index is 11.5. The van der Waals surface area contributed by atoms with E-state index in [1.165, 1.54) is 6.33 Å². The molecular formula is C15H17ClN4O. The summed E-state index contributed by atoms with van der Waals surface area (Å²) in [5.41, 5.74) is 3.54. The number of anilines is 3. The monoisotopic (exact) mass is 304 g/mol. The molecule has 0 saturated carbocycles. The van der Waals surface area contributed by atoms with E-state index >= 15 is 0 Å². The number of rotatable bonds is 5. The van der Waals surface area contributed by atoms with Gasteiger partial charge in [0, 0.05) is 23.1 Å². The minimum absolute atomic E-state index is 0.0636. The number of aryl methyl sites for hydroxylation is 2. The number of aromatic nitrogens is 2. The van der Waals surface area contributed by atoms with Crippen molar-refractivity contribution in [2.45, 2.75) is 20.3 Å². The van der Waals surface area contributed by atoms with Gasteiger partial charge in [0.1, 0.15) is 18.0 Å². The molecule has 1 heterocycles. The third-order valence-electron chi connectivity index (χ3n) is 2.96. The van der Waals surface area contributed by atoms with E-state index in [9.17, 15) is 4.79 Å². The first-order valence-electron chi connectivity index (χ1n) is 6.66. The van der Waals surface area contributed by atoms with Crippen LogP contribution in [-0.4, -0.2) is 21.8 Å². The Labute approximate surface area is 128 Å². The number of hydrogen-bond donors (Lipinski definition) is 2. The van der Waals surface area contributed by atoms with E-state index < -0.39 is 0 Å². The van der Waals surface area contributed by atoms with Crippen molar-refractivity contribution in [3.05, 3.63) is 41.9 Å². The minimum atomic E-state index is -0.221. The van der Waals surface area contributed by atoms with Crippen molar-refractivity contribution in [2.24, 2.45) is 0 Å². The van der Waals surface area contributed by atoms with Crippen LogP contribution in [0.4, 0.5) is 17.2 Å². The molecule has 2 aromatic rings. The Morgan fingerprint density at radius 3 is 2.76 bits per heavy atom. The highest BCUT2D eigenvalue weighted by atomic mass is 35.5. The third-order valence-corrected chi connectivity index (χ3v) is 3.21. The second kappa shape index (κ2) is 7.04. The molecule has 0 atom stereocenters. The van der Waals surface area contributed by atoms with Crippen LogP contribution in [0.5, 0.6) is 0 Å². The summed E-state index contributed by atoms with van der Waals surface area (Å²) in [6, 6.07) is 7.65. The summed E-state index contributed by atoms with van der Waals surface area (Å²) in [6.07, 6.45) is 2.33. The topological polar surface area (TPSA) is 66.9 Å². The summed E-state index contributed by atoms with van der Waals surface area (Å²) in [4.78, 5) is 19.7. The lowest BCUT2D eigenvalue weighted by Gasteiger charge is -2.12. The SMILES string of the molecule is CCc1ccc(Nc2cc(C)ncn2)cc1NC(=O)CCl. The van der Waals surface area contributed by atoms with Gasteiger partial charge in [-0.15, -0.1) is 11.6 Å². The van der Waals surface area contributed by atoms with Gasteiger partial charge >= 0.3 is 0 Å². The van der Waals surface area contributed by atoms with Crippen molar-refractivity contribution >= 4 is 34.7 Å². The molecule has 0 bridgehead atoms. The Balaban J connectivity index is 2.24. The zero-order valence-corrected chi connectivity index (χ0v) is 12.7. The average Bonchev–Trinajstić information content (AvgIpc) is 2.47. The molecule has 2 N–H and O–H groups in total. The van der Waals surface area contributed by atoms with Gasteiger partial charge in [0.2, 0.25) is 5.91 Å². The molecule has 0 saturated heterocycles. The molecule has 0 spiro atoms. The molecule has 1 aromatic carbocycles. The van der Waals surface area contributed by atoms with Crippen LogP contribution in [0.3, 0.4) is 0 Å². The standard InChI is InChI=1S/C15H17ClN4O/c1-3-11-4-5-12(7-13(11)20-15(21)8-16)19-14-6-10(2)17-9-18-14/h4-7,9H,3,8H2,1-2H3,(H,20,21)(H,17,18,19). The first-order valence-corrected chi connectivity index (χ1v) is 7.20. The van der Waals surface area contributed by atoms with E-state index in [0.717, 1.165) is 29.1 Å². The van der Waals surface area contributed by atoms with Crippen LogP contribution in [0.15, 0.2) is 30.6 Å². The normalized spacial score (nSPS) is 10.2. The van der Waals surface area contributed by atoms with Gasteiger partial charge in [0.05, 0.1) is 0 Å². The van der Waals surface area contributed by atoms with Gasteiger partial charge in [-0.25, -0.2) is 9.97 Å². The highest BCUT2D eigenvalue weighted by Crippen LogP contribution is 2.24. The second-order valence-electron chi connectivity index (χ2n) is 4.58. The Hall–Kier alpha value is -2.14. The number of carbonyl (C=O) groups is 1. The van der Waals surface area contributed by atoms with Gasteiger partial charge < -0.3 is 10.6 Å². The predicted molar refractivity (Wildman–Crippen MR) is 85.2 cm³/mol. The fourth-order valence-electron chi connectivity index (χ4n) is 1.93. The summed E-state index contributed by atoms with van der Waals surface area (Å²) in [5.74, 6) is 0.425. The summed E-state index contributed by atoms with van der Waals surface area (Å²) < 4.78 is 0. The van der Waals surface area contributed by atoms with Crippen molar-refractivity contribution in [3.8, 4) is 0 Å². The van der Waals surface area contributed by atoms with Crippen LogP contribution in [-0.2, 0) is 11.2 Å². The van der Waals surface area contributed by atoms with Gasteiger partial charge in [0.25, 0.3) is 0 Å². The largest absolute Gasteiger partial charge is 0.340 e. The first-order chi connectivity index (χ1) is 10.1. The van der Waals surface area contributed by atoms with Gasteiger partial charge in [-0.2, -0.15) is 0 Å². The number of carbonyl (C=O) groups excluding carboxylic acids is 1. The molecular weight excluding hydrogens is 288 g/mol. The Bertz CT molecular complexity index is 645. The smallest absolute Gasteiger partial charge is 0.239 e. The molecule has 110 valence electrons. The molecule has 0 fully saturated rings. The third kappa shape index (κ3) is 4.16. The minimum Gasteiger partial charge on any atom is -0.340 e. The molecule has 0 aliphatic rings. The number of nitrogens with one attached hydrogen (secondary N) is 2. The van der Waals surface area contributed by atoms with E-state index in [4.69, 9.17) is 11.6 Å². The molecule has 0 unspecified atom stereocenters. The first kappa shape index (κ1) is 15.3. The van der Waals surface area contributed by atoms with Crippen molar-refractivity contribution in [1.82, 2.24) is 9.97 Å². The number of halogens is 1. The Morgan fingerprint density at radius 2 is 2.10 bits per heavy atom. The molecule has 0 aliphatic carbocycles. The van der Waals surface area contributed by atoms with Crippen molar-refractivity contribution in [1.29, 1.82) is 0 Å².